The van der Waals surface area contributed by atoms with E-state index in [1.807, 2.05) is 32.4 Å². The number of fused-ring (bicyclic) bond motifs is 1. The molecule has 0 unspecified atom stereocenters. The van der Waals surface area contributed by atoms with Crippen molar-refractivity contribution in [2.45, 2.75) is 25.8 Å². The summed E-state index contributed by atoms with van der Waals surface area (Å²) in [7, 11) is 3.74. The second-order valence-corrected chi connectivity index (χ2v) is 5.48. The molecule has 3 rings (SSSR count). The third-order valence-electron chi connectivity index (χ3n) is 3.90. The van der Waals surface area contributed by atoms with Crippen molar-refractivity contribution >= 4 is 5.91 Å². The van der Waals surface area contributed by atoms with E-state index < -0.39 is 0 Å². The number of aryl methyl sites for hydroxylation is 2. The minimum atomic E-state index is 0.104. The number of hydrogen-bond acceptors (Lipinski definition) is 2. The van der Waals surface area contributed by atoms with Gasteiger partial charge in [0.15, 0.2) is 0 Å². The van der Waals surface area contributed by atoms with Crippen molar-refractivity contribution in [1.82, 2.24) is 14.7 Å². The minimum Gasteiger partial charge on any atom is -0.337 e. The average Bonchev–Trinajstić information content (AvgIpc) is 3.06. The molecule has 0 atom stereocenters. The van der Waals surface area contributed by atoms with Gasteiger partial charge >= 0.3 is 0 Å². The first-order chi connectivity index (χ1) is 9.65. The molecule has 0 N–H and O–H groups in total. The zero-order chi connectivity index (χ0) is 14.1. The molecule has 1 heterocycles. The molecule has 1 aliphatic carbocycles. The van der Waals surface area contributed by atoms with Gasteiger partial charge in [0, 0.05) is 38.0 Å². The molecule has 4 heteroatoms. The van der Waals surface area contributed by atoms with E-state index in [1.165, 1.54) is 11.1 Å². The van der Waals surface area contributed by atoms with Crippen LogP contribution in [0.25, 0.3) is 0 Å². The average molecular weight is 269 g/mol. The van der Waals surface area contributed by atoms with Crippen molar-refractivity contribution in [2.24, 2.45) is 7.05 Å². The molecular weight excluding hydrogens is 250 g/mol. The number of hydrogen-bond donors (Lipinski definition) is 0. The molecule has 104 valence electrons. The van der Waals surface area contributed by atoms with Crippen LogP contribution in [0, 0.1) is 0 Å². The van der Waals surface area contributed by atoms with E-state index in [0.29, 0.717) is 6.54 Å². The van der Waals surface area contributed by atoms with Crippen LogP contribution in [0.5, 0.6) is 0 Å². The molecule has 0 saturated carbocycles. The normalized spacial score (nSPS) is 13.3. The summed E-state index contributed by atoms with van der Waals surface area (Å²) in [4.78, 5) is 14.4. The number of rotatable bonds is 3. The first kappa shape index (κ1) is 12.9. The number of nitrogens with zero attached hydrogens (tertiary/aromatic N) is 3. The summed E-state index contributed by atoms with van der Waals surface area (Å²) in [5.41, 5.74) is 4.50. The second kappa shape index (κ2) is 5.12. The molecule has 2 aromatic rings. The van der Waals surface area contributed by atoms with Gasteiger partial charge in [-0.15, -0.1) is 0 Å². The molecule has 1 aromatic heterocycles. The molecule has 4 nitrogen and oxygen atoms in total. The van der Waals surface area contributed by atoms with Crippen LogP contribution < -0.4 is 0 Å². The Hall–Kier alpha value is -2.10. The Morgan fingerprint density at radius 2 is 2.25 bits per heavy atom. The highest BCUT2D eigenvalue weighted by atomic mass is 16.2. The van der Waals surface area contributed by atoms with Crippen LogP contribution in [0.2, 0.25) is 0 Å². The molecule has 0 saturated heterocycles. The Bertz CT molecular complexity index is 645. The van der Waals surface area contributed by atoms with Crippen LogP contribution in [-0.2, 0) is 26.4 Å². The van der Waals surface area contributed by atoms with Crippen LogP contribution in [0.4, 0.5) is 0 Å². The van der Waals surface area contributed by atoms with Gasteiger partial charge in [-0.3, -0.25) is 9.48 Å². The third-order valence-corrected chi connectivity index (χ3v) is 3.90. The van der Waals surface area contributed by atoms with E-state index in [-0.39, 0.29) is 5.91 Å². The van der Waals surface area contributed by atoms with Crippen molar-refractivity contribution < 1.29 is 4.79 Å². The summed E-state index contributed by atoms with van der Waals surface area (Å²) >= 11 is 0. The van der Waals surface area contributed by atoms with Crippen molar-refractivity contribution in [3.05, 3.63) is 52.8 Å². The van der Waals surface area contributed by atoms with Gasteiger partial charge in [-0.25, -0.2) is 0 Å². The summed E-state index contributed by atoms with van der Waals surface area (Å²) in [6.45, 7) is 0.594. The van der Waals surface area contributed by atoms with Crippen molar-refractivity contribution in [1.29, 1.82) is 0 Å². The van der Waals surface area contributed by atoms with E-state index in [1.54, 1.807) is 15.8 Å². The number of aromatic nitrogens is 2. The topological polar surface area (TPSA) is 38.1 Å². The molecule has 0 bridgehead atoms. The predicted octanol–water partition coefficient (Wildman–Crippen LogP) is 2.18. The molecule has 1 aliphatic rings. The fraction of sp³-hybridized carbons (Fsp3) is 0.375. The van der Waals surface area contributed by atoms with Gasteiger partial charge < -0.3 is 4.90 Å². The van der Waals surface area contributed by atoms with Crippen LogP contribution in [0.15, 0.2) is 30.6 Å². The lowest BCUT2D eigenvalue weighted by atomic mass is 10.0. The van der Waals surface area contributed by atoms with Crippen LogP contribution >= 0.6 is 0 Å². The Morgan fingerprint density at radius 1 is 1.40 bits per heavy atom. The van der Waals surface area contributed by atoms with Gasteiger partial charge in [0.25, 0.3) is 5.91 Å². The molecule has 0 fully saturated rings. The highest BCUT2D eigenvalue weighted by Crippen LogP contribution is 2.26. The first-order valence-electron chi connectivity index (χ1n) is 6.99. The fourth-order valence-corrected chi connectivity index (χ4v) is 2.92. The first-order valence-corrected chi connectivity index (χ1v) is 6.99. The highest BCUT2D eigenvalue weighted by molar-refractivity contribution is 5.96. The third kappa shape index (κ3) is 2.33. The van der Waals surface area contributed by atoms with Crippen LogP contribution in [0.1, 0.15) is 33.5 Å². The zero-order valence-corrected chi connectivity index (χ0v) is 12.0. The largest absolute Gasteiger partial charge is 0.337 e. The van der Waals surface area contributed by atoms with Gasteiger partial charge in [0.2, 0.25) is 0 Å². The van der Waals surface area contributed by atoms with Crippen LogP contribution in [-0.4, -0.2) is 27.6 Å². The molecule has 0 aliphatic heterocycles. The maximum Gasteiger partial charge on any atom is 0.254 e. The summed E-state index contributed by atoms with van der Waals surface area (Å²) < 4.78 is 1.76. The SMILES string of the molecule is CN(Cc1cnn(C)c1)C(=O)c1cccc2c1CCC2. The standard InChI is InChI=1S/C16H19N3O/c1-18(10-12-9-17-19(2)11-12)16(20)15-8-4-6-13-5-3-7-14(13)15/h4,6,8-9,11H,3,5,7,10H2,1-2H3. The van der Waals surface area contributed by atoms with Gasteiger partial charge in [-0.1, -0.05) is 12.1 Å². The second-order valence-electron chi connectivity index (χ2n) is 5.48. The summed E-state index contributed by atoms with van der Waals surface area (Å²) in [6, 6.07) is 6.09. The quantitative estimate of drug-likeness (QED) is 0.856. The number of carbonyl (C=O) groups is 1. The van der Waals surface area contributed by atoms with Gasteiger partial charge in [0.05, 0.1) is 6.20 Å². The van der Waals surface area contributed by atoms with E-state index in [2.05, 4.69) is 11.2 Å². The van der Waals surface area contributed by atoms with Gasteiger partial charge in [-0.2, -0.15) is 5.10 Å². The van der Waals surface area contributed by atoms with E-state index in [9.17, 15) is 4.79 Å². The van der Waals surface area contributed by atoms with E-state index in [0.717, 1.165) is 30.4 Å². The molecule has 0 radical (unpaired) electrons. The van der Waals surface area contributed by atoms with Crippen molar-refractivity contribution in [2.75, 3.05) is 7.05 Å². The van der Waals surface area contributed by atoms with E-state index in [4.69, 9.17) is 0 Å². The minimum absolute atomic E-state index is 0.104. The number of benzene rings is 1. The van der Waals surface area contributed by atoms with Crippen molar-refractivity contribution in [3.8, 4) is 0 Å². The lowest BCUT2D eigenvalue weighted by Crippen LogP contribution is -2.27. The lowest BCUT2D eigenvalue weighted by Gasteiger charge is -2.18. The molecule has 0 spiro atoms. The van der Waals surface area contributed by atoms with Gasteiger partial charge in [0.1, 0.15) is 0 Å². The zero-order valence-electron chi connectivity index (χ0n) is 12.0. The molecule has 20 heavy (non-hydrogen) atoms. The Labute approximate surface area is 119 Å². The number of amides is 1. The van der Waals surface area contributed by atoms with E-state index >= 15 is 0 Å². The smallest absolute Gasteiger partial charge is 0.254 e. The Morgan fingerprint density at radius 3 is 3.00 bits per heavy atom. The maximum absolute atomic E-state index is 12.6. The Balaban J connectivity index is 1.80. The van der Waals surface area contributed by atoms with Gasteiger partial charge in [-0.05, 0) is 36.5 Å². The lowest BCUT2D eigenvalue weighted by molar-refractivity contribution is 0.0784. The van der Waals surface area contributed by atoms with Crippen molar-refractivity contribution in [3.63, 3.8) is 0 Å². The molecule has 1 aromatic carbocycles. The monoisotopic (exact) mass is 269 g/mol. The Kier molecular flexibility index (Phi) is 3.30. The highest BCUT2D eigenvalue weighted by Gasteiger charge is 2.21. The molecular formula is C16H19N3O. The maximum atomic E-state index is 12.6. The number of carbonyl (C=O) groups excluding carboxylic acids is 1. The summed E-state index contributed by atoms with van der Waals surface area (Å²) in [6.07, 6.45) is 7.03. The fourth-order valence-electron chi connectivity index (χ4n) is 2.92. The van der Waals surface area contributed by atoms with Crippen LogP contribution in [0.3, 0.4) is 0 Å². The molecule has 1 amide bonds. The predicted molar refractivity (Wildman–Crippen MR) is 77.5 cm³/mol. The summed E-state index contributed by atoms with van der Waals surface area (Å²) in [5, 5.41) is 4.14. The summed E-state index contributed by atoms with van der Waals surface area (Å²) in [5.74, 6) is 0.104.